The molecule has 7 heteroatoms. The molecule has 0 spiro atoms. The van der Waals surface area contributed by atoms with E-state index in [-0.39, 0.29) is 11.9 Å². The first-order valence-electron chi connectivity index (χ1n) is 9.65. The van der Waals surface area contributed by atoms with Crippen LogP contribution in [0.3, 0.4) is 0 Å². The predicted molar refractivity (Wildman–Crippen MR) is 99.2 cm³/mol. The second-order valence-electron chi connectivity index (χ2n) is 7.55. The molecule has 2 fully saturated rings. The zero-order chi connectivity index (χ0) is 18.8. The molecule has 2 heterocycles. The molecule has 1 saturated carbocycles. The smallest absolute Gasteiger partial charge is 0.227 e. The van der Waals surface area contributed by atoms with Crippen LogP contribution in [0, 0.1) is 11.8 Å². The Morgan fingerprint density at radius 3 is 2.63 bits per heavy atom. The number of benzene rings is 1. The molecule has 1 aromatic heterocycles. The highest BCUT2D eigenvalue weighted by molar-refractivity contribution is 5.79. The second kappa shape index (κ2) is 7.68. The van der Waals surface area contributed by atoms with Gasteiger partial charge in [-0.2, -0.15) is 5.10 Å². The number of aromatic nitrogens is 3. The lowest BCUT2D eigenvalue weighted by Crippen LogP contribution is -2.36. The maximum Gasteiger partial charge on any atom is 0.227 e. The summed E-state index contributed by atoms with van der Waals surface area (Å²) in [6.45, 7) is 4.09. The topological polar surface area (TPSA) is 80.5 Å². The lowest BCUT2D eigenvalue weighted by Gasteiger charge is -2.34. The van der Waals surface area contributed by atoms with Gasteiger partial charge in [0.1, 0.15) is 18.4 Å². The van der Waals surface area contributed by atoms with E-state index < -0.39 is 6.10 Å². The van der Waals surface area contributed by atoms with E-state index in [9.17, 15) is 9.90 Å². The van der Waals surface area contributed by atoms with Gasteiger partial charge in [0.05, 0.1) is 25.2 Å². The average molecular weight is 370 g/mol. The van der Waals surface area contributed by atoms with Gasteiger partial charge in [0.2, 0.25) is 5.91 Å². The van der Waals surface area contributed by atoms with E-state index in [0.717, 1.165) is 30.8 Å². The van der Waals surface area contributed by atoms with Gasteiger partial charge in [-0.25, -0.2) is 9.67 Å². The van der Waals surface area contributed by atoms with Crippen LogP contribution in [0.2, 0.25) is 0 Å². The normalized spacial score (nSPS) is 27.4. The number of likely N-dealkylation sites (tertiary alicyclic amines) is 1. The van der Waals surface area contributed by atoms with Crippen LogP contribution < -0.4 is 4.74 Å². The number of ether oxygens (including phenoxy) is 1. The maximum atomic E-state index is 12.8. The van der Waals surface area contributed by atoms with Gasteiger partial charge in [0, 0.05) is 13.1 Å². The number of carbonyl (C=O) groups excluding carboxylic acids is 1. The fraction of sp³-hybridized carbons (Fsp3) is 0.550. The van der Waals surface area contributed by atoms with Crippen molar-refractivity contribution in [2.24, 2.45) is 11.8 Å². The molecule has 1 N–H and O–H groups in total. The molecule has 1 aliphatic heterocycles. The standard InChI is InChI=1S/C20H26N4O3/c1-2-27-17-5-3-14(4-6-17)7-20(26)23-10-15-8-18(24-13-21-12-22-24)19(25)9-16(15)11-23/h3-6,12-13,15-16,18-19,25H,2,7-11H2,1H3/t15-,16+,18-,19-/m1/s1. The Bertz CT molecular complexity index is 762. The molecular weight excluding hydrogens is 344 g/mol. The first-order valence-corrected chi connectivity index (χ1v) is 9.65. The van der Waals surface area contributed by atoms with Crippen LogP contribution in [0.4, 0.5) is 0 Å². The summed E-state index contributed by atoms with van der Waals surface area (Å²) in [6, 6.07) is 7.69. The van der Waals surface area contributed by atoms with Crippen molar-refractivity contribution in [1.82, 2.24) is 19.7 Å². The Morgan fingerprint density at radius 2 is 1.96 bits per heavy atom. The van der Waals surface area contributed by atoms with Crippen LogP contribution in [0.15, 0.2) is 36.9 Å². The molecule has 7 nitrogen and oxygen atoms in total. The number of aliphatic hydroxyl groups is 1. The van der Waals surface area contributed by atoms with Crippen molar-refractivity contribution in [3.05, 3.63) is 42.5 Å². The second-order valence-corrected chi connectivity index (χ2v) is 7.55. The number of amides is 1. The molecule has 1 aromatic carbocycles. The summed E-state index contributed by atoms with van der Waals surface area (Å²) >= 11 is 0. The summed E-state index contributed by atoms with van der Waals surface area (Å²) in [5.41, 5.74) is 0.999. The molecule has 27 heavy (non-hydrogen) atoms. The van der Waals surface area contributed by atoms with Crippen molar-refractivity contribution >= 4 is 5.91 Å². The minimum Gasteiger partial charge on any atom is -0.494 e. The van der Waals surface area contributed by atoms with E-state index in [1.807, 2.05) is 36.1 Å². The Kier molecular flexibility index (Phi) is 5.11. The number of fused-ring (bicyclic) bond motifs is 1. The zero-order valence-electron chi connectivity index (χ0n) is 15.6. The highest BCUT2D eigenvalue weighted by Gasteiger charge is 2.43. The minimum absolute atomic E-state index is 0.0464. The van der Waals surface area contributed by atoms with Gasteiger partial charge in [0.15, 0.2) is 0 Å². The van der Waals surface area contributed by atoms with Gasteiger partial charge >= 0.3 is 0 Å². The summed E-state index contributed by atoms with van der Waals surface area (Å²) in [7, 11) is 0. The first kappa shape index (κ1) is 18.0. The molecule has 4 rings (SSSR count). The van der Waals surface area contributed by atoms with Crippen LogP contribution in [0.5, 0.6) is 5.75 Å². The molecular formula is C20H26N4O3. The van der Waals surface area contributed by atoms with E-state index in [4.69, 9.17) is 4.74 Å². The highest BCUT2D eigenvalue weighted by atomic mass is 16.5. The molecule has 0 radical (unpaired) electrons. The number of hydrogen-bond donors (Lipinski definition) is 1. The number of carbonyl (C=O) groups is 1. The lowest BCUT2D eigenvalue weighted by atomic mass is 9.77. The maximum absolute atomic E-state index is 12.8. The van der Waals surface area contributed by atoms with Gasteiger partial charge in [-0.1, -0.05) is 12.1 Å². The van der Waals surface area contributed by atoms with E-state index in [1.165, 1.54) is 6.33 Å². The third-order valence-electron chi connectivity index (χ3n) is 5.83. The number of aliphatic hydroxyl groups excluding tert-OH is 1. The minimum atomic E-state index is -0.436. The van der Waals surface area contributed by atoms with Crippen molar-refractivity contribution in [2.45, 2.75) is 38.3 Å². The fourth-order valence-electron chi connectivity index (χ4n) is 4.44. The summed E-state index contributed by atoms with van der Waals surface area (Å²) in [6.07, 6.45) is 4.68. The molecule has 0 bridgehead atoms. The predicted octanol–water partition coefficient (Wildman–Crippen LogP) is 1.69. The molecule has 4 atom stereocenters. The summed E-state index contributed by atoms with van der Waals surface area (Å²) in [5, 5.41) is 14.7. The van der Waals surface area contributed by atoms with Crippen molar-refractivity contribution < 1.29 is 14.6 Å². The van der Waals surface area contributed by atoms with E-state index in [1.54, 1.807) is 11.0 Å². The van der Waals surface area contributed by atoms with E-state index in [0.29, 0.717) is 31.3 Å². The van der Waals surface area contributed by atoms with Crippen LogP contribution >= 0.6 is 0 Å². The molecule has 0 unspecified atom stereocenters. The summed E-state index contributed by atoms with van der Waals surface area (Å²) in [4.78, 5) is 18.7. The molecule has 1 saturated heterocycles. The third-order valence-corrected chi connectivity index (χ3v) is 5.83. The molecule has 2 aromatic rings. The Balaban J connectivity index is 1.36. The summed E-state index contributed by atoms with van der Waals surface area (Å²) in [5.74, 6) is 1.75. The monoisotopic (exact) mass is 370 g/mol. The zero-order valence-corrected chi connectivity index (χ0v) is 15.6. The fourth-order valence-corrected chi connectivity index (χ4v) is 4.44. The van der Waals surface area contributed by atoms with E-state index in [2.05, 4.69) is 10.1 Å². The van der Waals surface area contributed by atoms with Crippen LogP contribution in [0.25, 0.3) is 0 Å². The molecule has 1 amide bonds. The van der Waals surface area contributed by atoms with Gasteiger partial charge in [0.25, 0.3) is 0 Å². The quantitative estimate of drug-likeness (QED) is 0.866. The van der Waals surface area contributed by atoms with Crippen molar-refractivity contribution in [3.8, 4) is 5.75 Å². The van der Waals surface area contributed by atoms with Gasteiger partial charge in [-0.3, -0.25) is 4.79 Å². The van der Waals surface area contributed by atoms with Gasteiger partial charge in [-0.15, -0.1) is 0 Å². The Morgan fingerprint density at radius 1 is 1.22 bits per heavy atom. The molecule has 2 aliphatic rings. The lowest BCUT2D eigenvalue weighted by molar-refractivity contribution is -0.129. The molecule has 1 aliphatic carbocycles. The van der Waals surface area contributed by atoms with Gasteiger partial charge in [-0.05, 0) is 49.3 Å². The number of nitrogens with zero attached hydrogens (tertiary/aromatic N) is 4. The Hall–Kier alpha value is -2.41. The average Bonchev–Trinajstić information content (AvgIpc) is 3.32. The highest BCUT2D eigenvalue weighted by Crippen LogP contribution is 2.41. The largest absolute Gasteiger partial charge is 0.494 e. The van der Waals surface area contributed by atoms with Crippen LogP contribution in [-0.4, -0.2) is 56.5 Å². The SMILES string of the molecule is CCOc1ccc(CC(=O)N2C[C@H]3C[C@@H](n4cncn4)[C@H](O)C[C@H]3C2)cc1. The van der Waals surface area contributed by atoms with E-state index >= 15 is 0 Å². The van der Waals surface area contributed by atoms with Crippen LogP contribution in [0.1, 0.15) is 31.4 Å². The molecule has 144 valence electrons. The third kappa shape index (κ3) is 3.83. The van der Waals surface area contributed by atoms with Crippen molar-refractivity contribution in [2.75, 3.05) is 19.7 Å². The van der Waals surface area contributed by atoms with Gasteiger partial charge < -0.3 is 14.7 Å². The van der Waals surface area contributed by atoms with Crippen molar-refractivity contribution in [3.63, 3.8) is 0 Å². The number of hydrogen-bond acceptors (Lipinski definition) is 5. The first-order chi connectivity index (χ1) is 13.1. The number of rotatable bonds is 5. The summed E-state index contributed by atoms with van der Waals surface area (Å²) < 4.78 is 7.21. The Labute approximate surface area is 159 Å². The van der Waals surface area contributed by atoms with Crippen molar-refractivity contribution in [1.29, 1.82) is 0 Å². The van der Waals surface area contributed by atoms with Crippen LogP contribution in [-0.2, 0) is 11.2 Å².